The predicted molar refractivity (Wildman–Crippen MR) is 95.7 cm³/mol. The zero-order chi connectivity index (χ0) is 19.2. The molecular formula is C19H28F3N3O. The van der Waals surface area contributed by atoms with Crippen molar-refractivity contribution >= 4 is 5.91 Å². The summed E-state index contributed by atoms with van der Waals surface area (Å²) >= 11 is 0. The lowest BCUT2D eigenvalue weighted by Gasteiger charge is -2.31. The molecule has 4 nitrogen and oxygen atoms in total. The summed E-state index contributed by atoms with van der Waals surface area (Å²) in [5, 5.41) is 6.25. The van der Waals surface area contributed by atoms with Crippen molar-refractivity contribution < 1.29 is 18.0 Å². The van der Waals surface area contributed by atoms with Crippen molar-refractivity contribution in [2.24, 2.45) is 5.92 Å². The minimum Gasteiger partial charge on any atom is -0.354 e. The SMILES string of the molecule is CCN(CC)C(CNC(=O)C1CCNCC1)c1ccc(C(F)(F)F)cc1. The first-order valence-electron chi connectivity index (χ1n) is 9.26. The molecule has 2 N–H and O–H groups in total. The summed E-state index contributed by atoms with van der Waals surface area (Å²) < 4.78 is 38.4. The van der Waals surface area contributed by atoms with Gasteiger partial charge in [0.2, 0.25) is 5.91 Å². The van der Waals surface area contributed by atoms with Crippen LogP contribution in [0, 0.1) is 5.92 Å². The highest BCUT2D eigenvalue weighted by Gasteiger charge is 2.31. The van der Waals surface area contributed by atoms with Gasteiger partial charge in [-0.1, -0.05) is 26.0 Å². The molecule has 1 aliphatic rings. The Kier molecular flexibility index (Phi) is 7.46. The first-order chi connectivity index (χ1) is 12.4. The minimum atomic E-state index is -4.34. The average molecular weight is 371 g/mol. The van der Waals surface area contributed by atoms with Gasteiger partial charge >= 0.3 is 6.18 Å². The standard InChI is InChI=1S/C19H28F3N3O/c1-3-25(4-2)17(13-24-18(26)15-9-11-23-12-10-15)14-5-7-16(8-6-14)19(20,21)22/h5-8,15,17,23H,3-4,9-13H2,1-2H3,(H,24,26). The molecule has 0 spiro atoms. The van der Waals surface area contributed by atoms with E-state index in [1.165, 1.54) is 12.1 Å². The highest BCUT2D eigenvalue weighted by Crippen LogP contribution is 2.30. The number of likely N-dealkylation sites (N-methyl/N-ethyl adjacent to an activating group) is 1. The van der Waals surface area contributed by atoms with Gasteiger partial charge < -0.3 is 10.6 Å². The van der Waals surface area contributed by atoms with E-state index in [2.05, 4.69) is 15.5 Å². The minimum absolute atomic E-state index is 0.0150. The largest absolute Gasteiger partial charge is 0.416 e. The molecule has 0 radical (unpaired) electrons. The molecule has 1 fully saturated rings. The highest BCUT2D eigenvalue weighted by molar-refractivity contribution is 5.78. The number of nitrogens with one attached hydrogen (secondary N) is 2. The van der Waals surface area contributed by atoms with Crippen LogP contribution < -0.4 is 10.6 Å². The molecular weight excluding hydrogens is 343 g/mol. The molecule has 1 amide bonds. The van der Waals surface area contributed by atoms with Crippen molar-refractivity contribution in [1.82, 2.24) is 15.5 Å². The maximum absolute atomic E-state index is 12.8. The van der Waals surface area contributed by atoms with E-state index in [9.17, 15) is 18.0 Å². The van der Waals surface area contributed by atoms with Gasteiger partial charge in [-0.3, -0.25) is 9.69 Å². The van der Waals surface area contributed by atoms with Crippen molar-refractivity contribution in [1.29, 1.82) is 0 Å². The third-order valence-electron chi connectivity index (χ3n) is 5.06. The van der Waals surface area contributed by atoms with E-state index in [1.54, 1.807) is 0 Å². The number of nitrogens with zero attached hydrogens (tertiary/aromatic N) is 1. The molecule has 0 aromatic heterocycles. The van der Waals surface area contributed by atoms with Gasteiger partial charge in [0.05, 0.1) is 11.6 Å². The fraction of sp³-hybridized carbons (Fsp3) is 0.632. The second-order valence-electron chi connectivity index (χ2n) is 6.63. The molecule has 0 bridgehead atoms. The Balaban J connectivity index is 2.09. The summed E-state index contributed by atoms with van der Waals surface area (Å²) in [6.45, 7) is 7.62. The molecule has 1 aromatic carbocycles. The van der Waals surface area contributed by atoms with E-state index in [1.807, 2.05) is 13.8 Å². The number of carbonyl (C=O) groups is 1. The zero-order valence-corrected chi connectivity index (χ0v) is 15.4. The number of rotatable bonds is 7. The smallest absolute Gasteiger partial charge is 0.354 e. The highest BCUT2D eigenvalue weighted by atomic mass is 19.4. The van der Waals surface area contributed by atoms with Crippen molar-refractivity contribution in [2.45, 2.75) is 38.9 Å². The molecule has 0 saturated carbocycles. The van der Waals surface area contributed by atoms with Gasteiger partial charge in [0.15, 0.2) is 0 Å². The van der Waals surface area contributed by atoms with Crippen LogP contribution in [-0.2, 0) is 11.0 Å². The average Bonchev–Trinajstić information content (AvgIpc) is 2.65. The Morgan fingerprint density at radius 2 is 1.77 bits per heavy atom. The van der Waals surface area contributed by atoms with Crippen LogP contribution in [0.3, 0.4) is 0 Å². The summed E-state index contributed by atoms with van der Waals surface area (Å²) in [5.74, 6) is 0.0526. The summed E-state index contributed by atoms with van der Waals surface area (Å²) in [4.78, 5) is 14.6. The second-order valence-corrected chi connectivity index (χ2v) is 6.63. The molecule has 1 aromatic rings. The number of amides is 1. The molecule has 26 heavy (non-hydrogen) atoms. The van der Waals surface area contributed by atoms with Crippen LogP contribution in [0.4, 0.5) is 13.2 Å². The topological polar surface area (TPSA) is 44.4 Å². The summed E-state index contributed by atoms with van der Waals surface area (Å²) in [6.07, 6.45) is -2.70. The first-order valence-corrected chi connectivity index (χ1v) is 9.26. The predicted octanol–water partition coefficient (Wildman–Crippen LogP) is 3.20. The number of benzene rings is 1. The molecule has 1 aliphatic heterocycles. The van der Waals surface area contributed by atoms with E-state index in [-0.39, 0.29) is 17.9 Å². The lowest BCUT2D eigenvalue weighted by molar-refractivity contribution is -0.137. The van der Waals surface area contributed by atoms with E-state index in [4.69, 9.17) is 0 Å². The van der Waals surface area contributed by atoms with Gasteiger partial charge in [0.25, 0.3) is 0 Å². The van der Waals surface area contributed by atoms with E-state index >= 15 is 0 Å². The molecule has 146 valence electrons. The van der Waals surface area contributed by atoms with Crippen LogP contribution in [-0.4, -0.2) is 43.5 Å². The van der Waals surface area contributed by atoms with Gasteiger partial charge in [-0.05, 0) is 56.7 Å². The number of carbonyl (C=O) groups excluding carboxylic acids is 1. The maximum Gasteiger partial charge on any atom is 0.416 e. The monoisotopic (exact) mass is 371 g/mol. The Bertz CT molecular complexity index is 564. The molecule has 2 rings (SSSR count). The number of halogens is 3. The van der Waals surface area contributed by atoms with Gasteiger partial charge in [-0.15, -0.1) is 0 Å². The molecule has 1 atom stereocenters. The number of hydrogen-bond donors (Lipinski definition) is 2. The molecule has 1 saturated heterocycles. The van der Waals surface area contributed by atoms with Crippen molar-refractivity contribution in [3.63, 3.8) is 0 Å². The molecule has 1 heterocycles. The first kappa shape index (κ1) is 20.7. The molecule has 1 unspecified atom stereocenters. The third-order valence-corrected chi connectivity index (χ3v) is 5.06. The van der Waals surface area contributed by atoms with E-state index in [0.717, 1.165) is 56.7 Å². The lowest BCUT2D eigenvalue weighted by Crippen LogP contribution is -2.42. The fourth-order valence-electron chi connectivity index (χ4n) is 3.44. The van der Waals surface area contributed by atoms with Crippen molar-refractivity contribution in [2.75, 3.05) is 32.7 Å². The zero-order valence-electron chi connectivity index (χ0n) is 15.4. The normalized spacial score (nSPS) is 17.3. The maximum atomic E-state index is 12.8. The van der Waals surface area contributed by atoms with Crippen LogP contribution in [0.15, 0.2) is 24.3 Å². The van der Waals surface area contributed by atoms with Crippen molar-refractivity contribution in [3.8, 4) is 0 Å². The van der Waals surface area contributed by atoms with Crippen LogP contribution >= 0.6 is 0 Å². The number of piperidine rings is 1. The van der Waals surface area contributed by atoms with Gasteiger partial charge in [0.1, 0.15) is 0 Å². The molecule has 7 heteroatoms. The quantitative estimate of drug-likeness (QED) is 0.774. The summed E-state index contributed by atoms with van der Waals surface area (Å²) in [5.41, 5.74) is 0.130. The molecule has 0 aliphatic carbocycles. The number of alkyl halides is 3. The van der Waals surface area contributed by atoms with Crippen LogP contribution in [0.1, 0.15) is 43.9 Å². The van der Waals surface area contributed by atoms with Gasteiger partial charge in [0, 0.05) is 12.5 Å². The summed E-state index contributed by atoms with van der Waals surface area (Å²) in [6, 6.07) is 5.12. The fourth-order valence-corrected chi connectivity index (χ4v) is 3.44. The summed E-state index contributed by atoms with van der Waals surface area (Å²) in [7, 11) is 0. The van der Waals surface area contributed by atoms with Gasteiger partial charge in [-0.25, -0.2) is 0 Å². The van der Waals surface area contributed by atoms with Gasteiger partial charge in [-0.2, -0.15) is 13.2 Å². The number of hydrogen-bond acceptors (Lipinski definition) is 3. The van der Waals surface area contributed by atoms with Crippen LogP contribution in [0.25, 0.3) is 0 Å². The Labute approximate surface area is 153 Å². The second kappa shape index (κ2) is 9.37. The Morgan fingerprint density at radius 3 is 2.27 bits per heavy atom. The van der Waals surface area contributed by atoms with Crippen molar-refractivity contribution in [3.05, 3.63) is 35.4 Å². The Hall–Kier alpha value is -1.60. The van der Waals surface area contributed by atoms with Crippen LogP contribution in [0.2, 0.25) is 0 Å². The van der Waals surface area contributed by atoms with Crippen LogP contribution in [0.5, 0.6) is 0 Å². The van der Waals surface area contributed by atoms with E-state index < -0.39 is 11.7 Å². The lowest BCUT2D eigenvalue weighted by atomic mass is 9.96. The van der Waals surface area contributed by atoms with E-state index in [0.29, 0.717) is 6.54 Å². The Morgan fingerprint density at radius 1 is 1.19 bits per heavy atom. The third kappa shape index (κ3) is 5.45.